The van der Waals surface area contributed by atoms with Crippen LogP contribution in [0.25, 0.3) is 0 Å². The number of nitrogens with zero attached hydrogens (tertiary/aromatic N) is 1. The van der Waals surface area contributed by atoms with E-state index in [9.17, 15) is 5.11 Å². The van der Waals surface area contributed by atoms with Crippen LogP contribution in [0.5, 0.6) is 0 Å². The molecular formula is C10H19NO. The van der Waals surface area contributed by atoms with Gasteiger partial charge in [0.15, 0.2) is 0 Å². The maximum absolute atomic E-state index is 9.33. The molecule has 0 aromatic rings. The molecule has 2 rings (SSSR count). The SMILES string of the molecule is OC1CCN(CC2CCCC2)C1. The zero-order valence-corrected chi connectivity index (χ0v) is 7.71. The third kappa shape index (κ3) is 1.99. The van der Waals surface area contributed by atoms with E-state index in [0.29, 0.717) is 0 Å². The van der Waals surface area contributed by atoms with Gasteiger partial charge in [0.2, 0.25) is 0 Å². The normalized spacial score (nSPS) is 33.2. The molecule has 2 aliphatic rings. The van der Waals surface area contributed by atoms with Gasteiger partial charge in [0, 0.05) is 19.6 Å². The molecule has 2 nitrogen and oxygen atoms in total. The van der Waals surface area contributed by atoms with Crippen molar-refractivity contribution in [2.24, 2.45) is 5.92 Å². The van der Waals surface area contributed by atoms with E-state index in [0.717, 1.165) is 25.4 Å². The summed E-state index contributed by atoms with van der Waals surface area (Å²) >= 11 is 0. The number of hydrogen-bond acceptors (Lipinski definition) is 2. The standard InChI is InChI=1S/C10H19NO/c12-10-5-6-11(8-10)7-9-3-1-2-4-9/h9-10,12H,1-8H2. The first-order valence-corrected chi connectivity index (χ1v) is 5.25. The molecular weight excluding hydrogens is 150 g/mol. The summed E-state index contributed by atoms with van der Waals surface area (Å²) in [6.45, 7) is 3.30. The Bertz CT molecular complexity index is 143. The van der Waals surface area contributed by atoms with Crippen molar-refractivity contribution in [2.45, 2.75) is 38.2 Å². The molecule has 0 aromatic heterocycles. The molecule has 12 heavy (non-hydrogen) atoms. The van der Waals surface area contributed by atoms with E-state index in [2.05, 4.69) is 4.90 Å². The molecule has 1 saturated heterocycles. The van der Waals surface area contributed by atoms with Crippen LogP contribution in [0.3, 0.4) is 0 Å². The molecule has 0 bridgehead atoms. The molecule has 2 heteroatoms. The minimum absolute atomic E-state index is 0.0357. The van der Waals surface area contributed by atoms with Gasteiger partial charge in [-0.2, -0.15) is 0 Å². The van der Waals surface area contributed by atoms with E-state index in [4.69, 9.17) is 0 Å². The summed E-state index contributed by atoms with van der Waals surface area (Å²) < 4.78 is 0. The molecule has 1 N–H and O–H groups in total. The van der Waals surface area contributed by atoms with Crippen molar-refractivity contribution >= 4 is 0 Å². The molecule has 70 valence electrons. The number of aliphatic hydroxyl groups is 1. The van der Waals surface area contributed by atoms with Crippen molar-refractivity contribution in [1.82, 2.24) is 4.90 Å². The molecule has 1 aliphatic carbocycles. The van der Waals surface area contributed by atoms with E-state index in [1.807, 2.05) is 0 Å². The number of aliphatic hydroxyl groups excluding tert-OH is 1. The van der Waals surface area contributed by atoms with Crippen LogP contribution in [0, 0.1) is 5.92 Å². The zero-order chi connectivity index (χ0) is 8.39. The Morgan fingerprint density at radius 3 is 2.50 bits per heavy atom. The quantitative estimate of drug-likeness (QED) is 0.672. The molecule has 1 unspecified atom stereocenters. The minimum atomic E-state index is -0.0357. The van der Waals surface area contributed by atoms with Crippen LogP contribution in [0.4, 0.5) is 0 Å². The Labute approximate surface area is 74.6 Å². The Kier molecular flexibility index (Phi) is 2.66. The predicted molar refractivity (Wildman–Crippen MR) is 49.0 cm³/mol. The van der Waals surface area contributed by atoms with Gasteiger partial charge in [0.1, 0.15) is 0 Å². The number of likely N-dealkylation sites (tertiary alicyclic amines) is 1. The lowest BCUT2D eigenvalue weighted by Crippen LogP contribution is -2.27. The third-order valence-corrected chi connectivity index (χ3v) is 3.24. The maximum atomic E-state index is 9.33. The van der Waals surface area contributed by atoms with Gasteiger partial charge in [-0.25, -0.2) is 0 Å². The number of β-amino-alcohol motifs (C(OH)–C–C–N with tert-alkyl or cyclic N) is 1. The lowest BCUT2D eigenvalue weighted by atomic mass is 10.1. The Hall–Kier alpha value is -0.0800. The van der Waals surface area contributed by atoms with E-state index >= 15 is 0 Å². The van der Waals surface area contributed by atoms with Crippen LogP contribution in [0.1, 0.15) is 32.1 Å². The summed E-state index contributed by atoms with van der Waals surface area (Å²) in [5.74, 6) is 0.940. The van der Waals surface area contributed by atoms with Crippen LogP contribution in [0.2, 0.25) is 0 Å². The first-order chi connectivity index (χ1) is 5.84. The Morgan fingerprint density at radius 2 is 1.92 bits per heavy atom. The summed E-state index contributed by atoms with van der Waals surface area (Å²) in [4.78, 5) is 2.43. The molecule has 1 aliphatic heterocycles. The second kappa shape index (κ2) is 3.75. The highest BCUT2D eigenvalue weighted by molar-refractivity contribution is 4.78. The van der Waals surface area contributed by atoms with Crippen molar-refractivity contribution in [3.63, 3.8) is 0 Å². The zero-order valence-electron chi connectivity index (χ0n) is 7.71. The van der Waals surface area contributed by atoms with Crippen molar-refractivity contribution < 1.29 is 5.11 Å². The average Bonchev–Trinajstić information content (AvgIpc) is 2.63. The van der Waals surface area contributed by atoms with Gasteiger partial charge in [0.05, 0.1) is 6.10 Å². The first-order valence-electron chi connectivity index (χ1n) is 5.25. The fourth-order valence-electron chi connectivity index (χ4n) is 2.54. The average molecular weight is 169 g/mol. The van der Waals surface area contributed by atoms with Gasteiger partial charge >= 0.3 is 0 Å². The predicted octanol–water partition coefficient (Wildman–Crippen LogP) is 1.24. The molecule has 0 spiro atoms. The first kappa shape index (κ1) is 8.52. The van der Waals surface area contributed by atoms with Gasteiger partial charge in [-0.05, 0) is 25.2 Å². The lowest BCUT2D eigenvalue weighted by Gasteiger charge is -2.19. The highest BCUT2D eigenvalue weighted by Gasteiger charge is 2.24. The second-order valence-electron chi connectivity index (χ2n) is 4.35. The maximum Gasteiger partial charge on any atom is 0.0679 e. The second-order valence-corrected chi connectivity index (χ2v) is 4.35. The summed E-state index contributed by atoms with van der Waals surface area (Å²) in [5.41, 5.74) is 0. The topological polar surface area (TPSA) is 23.5 Å². The summed E-state index contributed by atoms with van der Waals surface area (Å²) in [6.07, 6.45) is 6.67. The molecule has 2 fully saturated rings. The van der Waals surface area contributed by atoms with Crippen LogP contribution in [-0.4, -0.2) is 35.7 Å². The molecule has 0 radical (unpaired) electrons. The fourth-order valence-corrected chi connectivity index (χ4v) is 2.54. The van der Waals surface area contributed by atoms with Crippen LogP contribution < -0.4 is 0 Å². The van der Waals surface area contributed by atoms with E-state index in [-0.39, 0.29) is 6.10 Å². The van der Waals surface area contributed by atoms with E-state index < -0.39 is 0 Å². The third-order valence-electron chi connectivity index (χ3n) is 3.24. The number of rotatable bonds is 2. The van der Waals surface area contributed by atoms with Crippen LogP contribution in [-0.2, 0) is 0 Å². The highest BCUT2D eigenvalue weighted by Crippen LogP contribution is 2.26. The fraction of sp³-hybridized carbons (Fsp3) is 1.00. The molecule has 1 heterocycles. The molecule has 1 saturated carbocycles. The Balaban J connectivity index is 1.72. The molecule has 0 amide bonds. The van der Waals surface area contributed by atoms with Crippen LogP contribution in [0.15, 0.2) is 0 Å². The minimum Gasteiger partial charge on any atom is -0.392 e. The summed E-state index contributed by atoms with van der Waals surface area (Å²) in [5, 5.41) is 9.33. The smallest absolute Gasteiger partial charge is 0.0679 e. The Morgan fingerprint density at radius 1 is 1.17 bits per heavy atom. The van der Waals surface area contributed by atoms with Gasteiger partial charge in [-0.1, -0.05) is 12.8 Å². The largest absolute Gasteiger partial charge is 0.392 e. The van der Waals surface area contributed by atoms with E-state index in [1.54, 1.807) is 0 Å². The summed E-state index contributed by atoms with van der Waals surface area (Å²) in [6, 6.07) is 0. The van der Waals surface area contributed by atoms with Crippen LogP contribution >= 0.6 is 0 Å². The van der Waals surface area contributed by atoms with Gasteiger partial charge < -0.3 is 10.0 Å². The summed E-state index contributed by atoms with van der Waals surface area (Å²) in [7, 11) is 0. The van der Waals surface area contributed by atoms with Gasteiger partial charge in [-0.3, -0.25) is 0 Å². The monoisotopic (exact) mass is 169 g/mol. The lowest BCUT2D eigenvalue weighted by molar-refractivity contribution is 0.170. The van der Waals surface area contributed by atoms with Gasteiger partial charge in [0.25, 0.3) is 0 Å². The van der Waals surface area contributed by atoms with Crippen molar-refractivity contribution in [2.75, 3.05) is 19.6 Å². The van der Waals surface area contributed by atoms with Crippen molar-refractivity contribution in [1.29, 1.82) is 0 Å². The number of hydrogen-bond donors (Lipinski definition) is 1. The molecule has 0 aromatic carbocycles. The van der Waals surface area contributed by atoms with E-state index in [1.165, 1.54) is 32.2 Å². The van der Waals surface area contributed by atoms with Crippen molar-refractivity contribution in [3.8, 4) is 0 Å². The molecule has 1 atom stereocenters. The van der Waals surface area contributed by atoms with Crippen molar-refractivity contribution in [3.05, 3.63) is 0 Å². The van der Waals surface area contributed by atoms with Gasteiger partial charge in [-0.15, -0.1) is 0 Å². The highest BCUT2D eigenvalue weighted by atomic mass is 16.3.